The Labute approximate surface area is 172 Å². The van der Waals surface area contributed by atoms with Gasteiger partial charge in [0.1, 0.15) is 0 Å². The van der Waals surface area contributed by atoms with E-state index in [2.05, 4.69) is 20.7 Å². The molecule has 0 spiro atoms. The number of aryl methyl sites for hydroxylation is 4. The number of nitrogens with one attached hydrogen (secondary N) is 1. The fourth-order valence-electron chi connectivity index (χ4n) is 3.21. The molecule has 0 aliphatic carbocycles. The number of unbranched alkanes of at least 4 members (excludes halogenated alkanes) is 1. The lowest BCUT2D eigenvalue weighted by Gasteiger charge is -2.07. The van der Waals surface area contributed by atoms with E-state index in [9.17, 15) is 14.4 Å². The van der Waals surface area contributed by atoms with Crippen molar-refractivity contribution in [3.8, 4) is 0 Å². The van der Waals surface area contributed by atoms with Crippen LogP contribution in [0.3, 0.4) is 0 Å². The van der Waals surface area contributed by atoms with Gasteiger partial charge in [-0.2, -0.15) is 0 Å². The molecule has 3 rings (SSSR count). The lowest BCUT2D eigenvalue weighted by Crippen LogP contribution is -2.37. The summed E-state index contributed by atoms with van der Waals surface area (Å²) < 4.78 is 4.13. The summed E-state index contributed by atoms with van der Waals surface area (Å²) in [5, 5.41) is 6.13. The predicted octanol–water partition coefficient (Wildman–Crippen LogP) is 1.12. The van der Waals surface area contributed by atoms with Gasteiger partial charge in [-0.25, -0.2) is 14.8 Å². The fraction of sp³-hybridized carbons (Fsp3) is 0.526. The number of aromatic nitrogens is 5. The van der Waals surface area contributed by atoms with Crippen LogP contribution in [0.25, 0.3) is 11.2 Å². The molecule has 156 valence electrons. The van der Waals surface area contributed by atoms with Crippen molar-refractivity contribution in [1.82, 2.24) is 29.0 Å². The molecule has 0 unspecified atom stereocenters. The van der Waals surface area contributed by atoms with Gasteiger partial charge in [0.2, 0.25) is 5.91 Å². The molecule has 0 radical (unpaired) electrons. The first-order chi connectivity index (χ1) is 13.9. The Morgan fingerprint density at radius 2 is 1.97 bits per heavy atom. The van der Waals surface area contributed by atoms with Crippen LogP contribution >= 0.6 is 11.3 Å². The molecular formula is C19H26N6O3S. The lowest BCUT2D eigenvalue weighted by molar-refractivity contribution is -0.121. The van der Waals surface area contributed by atoms with E-state index in [0.29, 0.717) is 37.1 Å². The summed E-state index contributed by atoms with van der Waals surface area (Å²) in [5.41, 5.74) is 1.02. The topological polar surface area (TPSA) is 104 Å². The highest BCUT2D eigenvalue weighted by molar-refractivity contribution is 7.09. The number of rotatable bonds is 9. The van der Waals surface area contributed by atoms with Gasteiger partial charge < -0.3 is 9.88 Å². The molecule has 9 nitrogen and oxygen atoms in total. The number of amides is 1. The number of fused-ring (bicyclic) bond motifs is 1. The third-order valence-corrected chi connectivity index (χ3v) is 5.85. The van der Waals surface area contributed by atoms with Crippen LogP contribution in [0.4, 0.5) is 0 Å². The first kappa shape index (κ1) is 21.0. The molecule has 1 amide bonds. The van der Waals surface area contributed by atoms with Crippen molar-refractivity contribution in [3.05, 3.63) is 43.2 Å². The molecule has 1 N–H and O–H groups in total. The van der Waals surface area contributed by atoms with Gasteiger partial charge in [0.15, 0.2) is 11.2 Å². The quantitative estimate of drug-likeness (QED) is 0.525. The van der Waals surface area contributed by atoms with Crippen molar-refractivity contribution < 1.29 is 4.79 Å². The maximum absolute atomic E-state index is 12.4. The van der Waals surface area contributed by atoms with E-state index in [1.165, 1.54) is 11.6 Å². The fourth-order valence-corrected chi connectivity index (χ4v) is 4.03. The molecule has 0 fully saturated rings. The smallest absolute Gasteiger partial charge is 0.332 e. The molecule has 0 atom stereocenters. The number of hydrogen-bond donors (Lipinski definition) is 1. The largest absolute Gasteiger partial charge is 0.356 e. The SMILES string of the molecule is Cc1csc(CCCCNC(=O)CCCn2cnc3c2c(=O)n(C)c(=O)n3C)n1. The van der Waals surface area contributed by atoms with Gasteiger partial charge in [-0.1, -0.05) is 0 Å². The normalized spacial score (nSPS) is 11.3. The van der Waals surface area contributed by atoms with Crippen LogP contribution in [0, 0.1) is 6.92 Å². The summed E-state index contributed by atoms with van der Waals surface area (Å²) in [7, 11) is 3.04. The molecule has 0 saturated carbocycles. The van der Waals surface area contributed by atoms with E-state index in [-0.39, 0.29) is 11.5 Å². The van der Waals surface area contributed by atoms with Crippen LogP contribution in [-0.4, -0.2) is 36.1 Å². The second-order valence-corrected chi connectivity index (χ2v) is 8.05. The third kappa shape index (κ3) is 4.81. The molecule has 0 aliphatic rings. The van der Waals surface area contributed by atoms with Crippen LogP contribution in [0.15, 0.2) is 21.3 Å². The number of carbonyl (C=O) groups excluding carboxylic acids is 1. The highest BCUT2D eigenvalue weighted by Crippen LogP contribution is 2.11. The van der Waals surface area contributed by atoms with Crippen molar-refractivity contribution in [2.75, 3.05) is 6.54 Å². The van der Waals surface area contributed by atoms with Crippen LogP contribution in [0.5, 0.6) is 0 Å². The molecule has 3 heterocycles. The van der Waals surface area contributed by atoms with Crippen molar-refractivity contribution in [1.29, 1.82) is 0 Å². The molecule has 10 heteroatoms. The first-order valence-corrected chi connectivity index (χ1v) is 10.5. The van der Waals surface area contributed by atoms with E-state index < -0.39 is 5.69 Å². The molecule has 3 aromatic heterocycles. The standard InChI is InChI=1S/C19H26N6O3S/c1-13-11-29-15(22-13)8-4-5-9-20-14(26)7-6-10-25-12-21-17-16(25)18(27)24(3)19(28)23(17)2/h11-12H,4-10H2,1-3H3,(H,20,26). The molecular weight excluding hydrogens is 392 g/mol. The van der Waals surface area contributed by atoms with Crippen molar-refractivity contribution >= 4 is 28.4 Å². The zero-order valence-electron chi connectivity index (χ0n) is 17.0. The average Bonchev–Trinajstić information content (AvgIpc) is 3.30. The van der Waals surface area contributed by atoms with E-state index >= 15 is 0 Å². The Hall–Kier alpha value is -2.75. The molecule has 29 heavy (non-hydrogen) atoms. The summed E-state index contributed by atoms with van der Waals surface area (Å²) in [5.74, 6) is -0.000170. The molecule has 3 aromatic rings. The zero-order valence-corrected chi connectivity index (χ0v) is 17.8. The van der Waals surface area contributed by atoms with Gasteiger partial charge in [0, 0.05) is 44.7 Å². The van der Waals surface area contributed by atoms with Crippen LogP contribution < -0.4 is 16.6 Å². The van der Waals surface area contributed by atoms with Gasteiger partial charge in [-0.05, 0) is 32.6 Å². The molecule has 0 aliphatic heterocycles. The summed E-state index contributed by atoms with van der Waals surface area (Å²) in [4.78, 5) is 45.0. The second kappa shape index (κ2) is 9.17. The van der Waals surface area contributed by atoms with Crippen molar-refractivity contribution in [3.63, 3.8) is 0 Å². The van der Waals surface area contributed by atoms with Crippen LogP contribution in [0.2, 0.25) is 0 Å². The third-order valence-electron chi connectivity index (χ3n) is 4.83. The maximum Gasteiger partial charge on any atom is 0.332 e. The number of imidazole rings is 1. The molecule has 0 bridgehead atoms. The monoisotopic (exact) mass is 418 g/mol. The zero-order chi connectivity index (χ0) is 21.0. The highest BCUT2D eigenvalue weighted by atomic mass is 32.1. The number of thiazole rings is 1. The Bertz CT molecular complexity index is 1120. The van der Waals surface area contributed by atoms with Crippen molar-refractivity contribution in [2.24, 2.45) is 14.1 Å². The van der Waals surface area contributed by atoms with Gasteiger partial charge in [-0.15, -0.1) is 11.3 Å². The van der Waals surface area contributed by atoms with Gasteiger partial charge in [0.05, 0.1) is 11.3 Å². The van der Waals surface area contributed by atoms with E-state index in [0.717, 1.165) is 34.5 Å². The number of nitrogens with zero attached hydrogens (tertiary/aromatic N) is 5. The Morgan fingerprint density at radius 1 is 1.17 bits per heavy atom. The summed E-state index contributed by atoms with van der Waals surface area (Å²) in [6, 6.07) is 0. The van der Waals surface area contributed by atoms with Gasteiger partial charge in [0.25, 0.3) is 5.56 Å². The second-order valence-electron chi connectivity index (χ2n) is 7.11. The first-order valence-electron chi connectivity index (χ1n) is 9.67. The minimum atomic E-state index is -0.405. The highest BCUT2D eigenvalue weighted by Gasteiger charge is 2.14. The van der Waals surface area contributed by atoms with E-state index in [1.807, 2.05) is 6.92 Å². The van der Waals surface area contributed by atoms with E-state index in [1.54, 1.807) is 29.3 Å². The predicted molar refractivity (Wildman–Crippen MR) is 112 cm³/mol. The Kier molecular flexibility index (Phi) is 6.63. The van der Waals surface area contributed by atoms with Gasteiger partial charge >= 0.3 is 5.69 Å². The average molecular weight is 419 g/mol. The van der Waals surface area contributed by atoms with Crippen LogP contribution in [-0.2, 0) is 31.9 Å². The van der Waals surface area contributed by atoms with Crippen LogP contribution in [0.1, 0.15) is 36.4 Å². The number of carbonyl (C=O) groups is 1. The minimum Gasteiger partial charge on any atom is -0.356 e. The van der Waals surface area contributed by atoms with E-state index in [4.69, 9.17) is 0 Å². The lowest BCUT2D eigenvalue weighted by atomic mass is 10.2. The summed E-state index contributed by atoms with van der Waals surface area (Å²) >= 11 is 1.68. The maximum atomic E-state index is 12.4. The Morgan fingerprint density at radius 3 is 2.69 bits per heavy atom. The molecule has 0 aromatic carbocycles. The molecule has 0 saturated heterocycles. The van der Waals surface area contributed by atoms with Crippen molar-refractivity contribution in [2.45, 2.75) is 45.6 Å². The minimum absolute atomic E-state index is 0.000170. The Balaban J connectivity index is 1.43. The summed E-state index contributed by atoms with van der Waals surface area (Å²) in [6.45, 7) is 3.13. The van der Waals surface area contributed by atoms with Gasteiger partial charge in [-0.3, -0.25) is 18.7 Å². The number of hydrogen-bond acceptors (Lipinski definition) is 6. The summed E-state index contributed by atoms with van der Waals surface area (Å²) in [6.07, 6.45) is 5.36.